The fraction of sp³-hybridized carbons (Fsp3) is 0.375. The highest BCUT2D eigenvalue weighted by Gasteiger charge is 2.27. The van der Waals surface area contributed by atoms with Crippen molar-refractivity contribution in [2.45, 2.75) is 18.8 Å². The first-order valence-electron chi connectivity index (χ1n) is 4.43. The van der Waals surface area contributed by atoms with Gasteiger partial charge >= 0.3 is 0 Å². The molecule has 0 radical (unpaired) electrons. The van der Waals surface area contributed by atoms with E-state index in [1.807, 2.05) is 6.07 Å². The molecule has 0 saturated heterocycles. The Morgan fingerprint density at radius 2 is 2.21 bits per heavy atom. The Balaban J connectivity index is 2.28. The summed E-state index contributed by atoms with van der Waals surface area (Å²) in [5.74, 6) is 0.821. The molecule has 1 saturated carbocycles. The van der Waals surface area contributed by atoms with Crippen molar-refractivity contribution in [3.8, 4) is 0 Å². The topological polar surface area (TPSA) is 69.1 Å². The average molecular weight is 210 g/mol. The average Bonchev–Trinajstić information content (AvgIpc) is 2.94. The summed E-state index contributed by atoms with van der Waals surface area (Å²) in [7, 11) is 0. The normalized spacial score (nSPS) is 16.4. The van der Waals surface area contributed by atoms with Crippen molar-refractivity contribution < 1.29 is 0 Å². The Morgan fingerprint density at radius 1 is 1.43 bits per heavy atom. The van der Waals surface area contributed by atoms with Crippen LogP contribution >= 0.6 is 11.6 Å². The standard InChI is InChI=1S/C8H8ClN5/c9-7-5(4-1-2-4)3-6-11-12-8(10)14(6)13-7/h3-4H,1-2H2,(H2,10,12). The summed E-state index contributed by atoms with van der Waals surface area (Å²) in [6.45, 7) is 0. The van der Waals surface area contributed by atoms with Crippen LogP contribution in [0, 0.1) is 0 Å². The molecule has 2 aromatic heterocycles. The molecule has 1 aliphatic rings. The molecule has 6 heteroatoms. The van der Waals surface area contributed by atoms with Gasteiger partial charge in [-0.3, -0.25) is 0 Å². The van der Waals surface area contributed by atoms with Crippen LogP contribution in [0.25, 0.3) is 5.65 Å². The van der Waals surface area contributed by atoms with E-state index in [1.54, 1.807) is 0 Å². The number of nitrogens with zero attached hydrogens (tertiary/aromatic N) is 4. The molecule has 1 fully saturated rings. The van der Waals surface area contributed by atoms with Crippen LogP contribution in [-0.4, -0.2) is 19.8 Å². The van der Waals surface area contributed by atoms with Crippen LogP contribution in [0.5, 0.6) is 0 Å². The lowest BCUT2D eigenvalue weighted by Gasteiger charge is -2.01. The molecule has 5 nitrogen and oxygen atoms in total. The number of rotatable bonds is 1. The fourth-order valence-electron chi connectivity index (χ4n) is 1.52. The van der Waals surface area contributed by atoms with Gasteiger partial charge in [0.05, 0.1) is 0 Å². The number of hydrogen-bond acceptors (Lipinski definition) is 4. The minimum atomic E-state index is 0.268. The van der Waals surface area contributed by atoms with Gasteiger partial charge in [0.15, 0.2) is 10.8 Å². The van der Waals surface area contributed by atoms with Crippen molar-refractivity contribution in [1.29, 1.82) is 0 Å². The molecule has 2 heterocycles. The van der Waals surface area contributed by atoms with E-state index in [0.29, 0.717) is 16.7 Å². The third-order valence-electron chi connectivity index (χ3n) is 2.42. The van der Waals surface area contributed by atoms with Crippen molar-refractivity contribution in [1.82, 2.24) is 19.8 Å². The predicted octanol–water partition coefficient (Wildman–Crippen LogP) is 1.24. The van der Waals surface area contributed by atoms with Gasteiger partial charge in [0, 0.05) is 0 Å². The summed E-state index contributed by atoms with van der Waals surface area (Å²) in [6.07, 6.45) is 2.36. The van der Waals surface area contributed by atoms with Crippen LogP contribution in [-0.2, 0) is 0 Å². The number of nitrogen functional groups attached to an aromatic ring is 1. The smallest absolute Gasteiger partial charge is 0.243 e. The SMILES string of the molecule is Nc1nnc2cc(C3CC3)c(Cl)nn12. The quantitative estimate of drug-likeness (QED) is 0.767. The molecule has 14 heavy (non-hydrogen) atoms. The molecule has 0 amide bonds. The fourth-order valence-corrected chi connectivity index (χ4v) is 1.81. The van der Waals surface area contributed by atoms with Crippen molar-refractivity contribution in [2.75, 3.05) is 5.73 Å². The maximum atomic E-state index is 6.02. The highest BCUT2D eigenvalue weighted by atomic mass is 35.5. The van der Waals surface area contributed by atoms with Crippen LogP contribution < -0.4 is 5.73 Å². The largest absolute Gasteiger partial charge is 0.366 e. The summed E-state index contributed by atoms with van der Waals surface area (Å²) in [4.78, 5) is 0. The van der Waals surface area contributed by atoms with Crippen molar-refractivity contribution in [3.05, 3.63) is 16.8 Å². The first-order valence-corrected chi connectivity index (χ1v) is 4.81. The lowest BCUT2D eigenvalue weighted by Crippen LogP contribution is -2.00. The van der Waals surface area contributed by atoms with Gasteiger partial charge in [0.2, 0.25) is 5.95 Å². The van der Waals surface area contributed by atoms with E-state index in [1.165, 1.54) is 17.4 Å². The zero-order chi connectivity index (χ0) is 9.71. The first kappa shape index (κ1) is 7.99. The Morgan fingerprint density at radius 3 is 2.93 bits per heavy atom. The maximum absolute atomic E-state index is 6.02. The summed E-state index contributed by atoms with van der Waals surface area (Å²) in [5.41, 5.74) is 7.28. The van der Waals surface area contributed by atoms with Gasteiger partial charge in [-0.05, 0) is 30.4 Å². The molecule has 72 valence electrons. The molecule has 0 unspecified atom stereocenters. The summed E-state index contributed by atoms with van der Waals surface area (Å²) < 4.78 is 1.45. The number of hydrogen-bond donors (Lipinski definition) is 1. The number of nitrogens with two attached hydrogens (primary N) is 1. The molecule has 2 aromatic rings. The van der Waals surface area contributed by atoms with Crippen LogP contribution in [0.15, 0.2) is 6.07 Å². The predicted molar refractivity (Wildman–Crippen MR) is 52.2 cm³/mol. The molecule has 0 aliphatic heterocycles. The summed E-state index contributed by atoms with van der Waals surface area (Å²) >= 11 is 6.02. The number of fused-ring (bicyclic) bond motifs is 1. The molecule has 0 spiro atoms. The third kappa shape index (κ3) is 1.05. The van der Waals surface area contributed by atoms with Crippen LogP contribution in [0.2, 0.25) is 5.15 Å². The minimum absolute atomic E-state index is 0.268. The Labute approximate surface area is 84.9 Å². The molecule has 1 aliphatic carbocycles. The van der Waals surface area contributed by atoms with Crippen LogP contribution in [0.4, 0.5) is 5.95 Å². The van der Waals surface area contributed by atoms with E-state index in [-0.39, 0.29) is 5.95 Å². The van der Waals surface area contributed by atoms with E-state index >= 15 is 0 Å². The van der Waals surface area contributed by atoms with Crippen LogP contribution in [0.3, 0.4) is 0 Å². The van der Waals surface area contributed by atoms with Gasteiger partial charge in [-0.2, -0.15) is 9.61 Å². The Kier molecular flexibility index (Phi) is 1.47. The van der Waals surface area contributed by atoms with E-state index in [0.717, 1.165) is 5.56 Å². The number of aromatic nitrogens is 4. The molecule has 0 atom stereocenters. The highest BCUT2D eigenvalue weighted by molar-refractivity contribution is 6.30. The monoisotopic (exact) mass is 209 g/mol. The zero-order valence-corrected chi connectivity index (χ0v) is 8.07. The van der Waals surface area contributed by atoms with Crippen molar-refractivity contribution in [3.63, 3.8) is 0 Å². The second kappa shape index (κ2) is 2.57. The lowest BCUT2D eigenvalue weighted by molar-refractivity contribution is 0.916. The van der Waals surface area contributed by atoms with Gasteiger partial charge in [-0.25, -0.2) is 0 Å². The van der Waals surface area contributed by atoms with Gasteiger partial charge in [-0.15, -0.1) is 10.2 Å². The Hall–Kier alpha value is -1.36. The van der Waals surface area contributed by atoms with E-state index in [2.05, 4.69) is 15.3 Å². The van der Waals surface area contributed by atoms with Crippen molar-refractivity contribution >= 4 is 23.2 Å². The number of anilines is 1. The molecule has 3 rings (SSSR count). The third-order valence-corrected chi connectivity index (χ3v) is 2.71. The molecule has 0 aromatic carbocycles. The summed E-state index contributed by atoms with van der Waals surface area (Å²) in [5, 5.41) is 12.3. The van der Waals surface area contributed by atoms with Gasteiger partial charge < -0.3 is 5.73 Å². The lowest BCUT2D eigenvalue weighted by atomic mass is 10.2. The van der Waals surface area contributed by atoms with Crippen molar-refractivity contribution in [2.24, 2.45) is 0 Å². The maximum Gasteiger partial charge on any atom is 0.243 e. The van der Waals surface area contributed by atoms with E-state index < -0.39 is 0 Å². The summed E-state index contributed by atoms with van der Waals surface area (Å²) in [6, 6.07) is 1.91. The van der Waals surface area contributed by atoms with Gasteiger partial charge in [-0.1, -0.05) is 11.6 Å². The molecular weight excluding hydrogens is 202 g/mol. The zero-order valence-electron chi connectivity index (χ0n) is 7.31. The molecule has 0 bridgehead atoms. The molecule has 2 N–H and O–H groups in total. The van der Waals surface area contributed by atoms with E-state index in [9.17, 15) is 0 Å². The Bertz CT molecular complexity index is 502. The van der Waals surface area contributed by atoms with E-state index in [4.69, 9.17) is 17.3 Å². The number of halogens is 1. The minimum Gasteiger partial charge on any atom is -0.366 e. The van der Waals surface area contributed by atoms with Gasteiger partial charge in [0.1, 0.15) is 0 Å². The van der Waals surface area contributed by atoms with Gasteiger partial charge in [0.25, 0.3) is 0 Å². The second-order valence-corrected chi connectivity index (χ2v) is 3.85. The molecular formula is C8H8ClN5. The first-order chi connectivity index (χ1) is 6.75. The second-order valence-electron chi connectivity index (χ2n) is 3.49. The highest BCUT2D eigenvalue weighted by Crippen LogP contribution is 2.42. The van der Waals surface area contributed by atoms with Crippen LogP contribution in [0.1, 0.15) is 24.3 Å².